The second-order valence-electron chi connectivity index (χ2n) is 6.07. The molecule has 0 bridgehead atoms. The highest BCUT2D eigenvalue weighted by molar-refractivity contribution is 7.71. The number of nitrogens with zero attached hydrogens (tertiary/aromatic N) is 4. The van der Waals surface area contributed by atoms with Crippen LogP contribution in [0, 0.1) is 11.7 Å². The number of rotatable bonds is 6. The molecule has 0 atom stereocenters. The number of hydrogen-bond acceptors (Lipinski definition) is 5. The van der Waals surface area contributed by atoms with E-state index in [0.717, 1.165) is 29.0 Å². The van der Waals surface area contributed by atoms with E-state index in [-0.39, 0.29) is 10.3 Å². The highest BCUT2D eigenvalue weighted by atomic mass is 32.1. The van der Waals surface area contributed by atoms with E-state index in [4.69, 9.17) is 12.2 Å². The van der Waals surface area contributed by atoms with Gasteiger partial charge in [-0.05, 0) is 49.3 Å². The molecule has 1 heterocycles. The van der Waals surface area contributed by atoms with Gasteiger partial charge in [0.05, 0.1) is 6.21 Å². The Morgan fingerprint density at radius 1 is 1.19 bits per heavy atom. The van der Waals surface area contributed by atoms with Crippen LogP contribution in [0.15, 0.2) is 64.5 Å². The van der Waals surface area contributed by atoms with Crippen molar-refractivity contribution in [2.24, 2.45) is 5.10 Å². The van der Waals surface area contributed by atoms with Crippen LogP contribution in [0.25, 0.3) is 0 Å². The zero-order valence-electron chi connectivity index (χ0n) is 15.3. The van der Waals surface area contributed by atoms with Gasteiger partial charge in [0.2, 0.25) is 4.77 Å². The Morgan fingerprint density at radius 3 is 2.56 bits per heavy atom. The number of aryl methyl sites for hydroxylation is 1. The lowest BCUT2D eigenvalue weighted by molar-refractivity contribution is 0.720. The van der Waals surface area contributed by atoms with Gasteiger partial charge in [0.15, 0.2) is 0 Å². The van der Waals surface area contributed by atoms with Crippen LogP contribution >= 0.6 is 12.2 Å². The Hall–Kier alpha value is -3.06. The molecule has 0 aliphatic rings. The van der Waals surface area contributed by atoms with E-state index in [1.54, 1.807) is 13.1 Å². The van der Waals surface area contributed by atoms with Gasteiger partial charge in [0, 0.05) is 18.8 Å². The lowest BCUT2D eigenvalue weighted by atomic mass is 10.1. The predicted octanol–water partition coefficient (Wildman–Crippen LogP) is 3.52. The van der Waals surface area contributed by atoms with Gasteiger partial charge in [0.1, 0.15) is 5.69 Å². The molecule has 0 aliphatic carbocycles. The fraction of sp³-hybridized carbons (Fsp3) is 0.200. The lowest BCUT2D eigenvalue weighted by Crippen LogP contribution is -2.22. The minimum absolute atomic E-state index is 0.165. The van der Waals surface area contributed by atoms with Crippen LogP contribution in [0.2, 0.25) is 0 Å². The van der Waals surface area contributed by atoms with Crippen LogP contribution in [-0.2, 0) is 6.54 Å². The molecule has 0 spiro atoms. The molecule has 3 rings (SSSR count). The first-order valence-corrected chi connectivity index (χ1v) is 9.11. The molecule has 138 valence electrons. The van der Waals surface area contributed by atoms with Crippen molar-refractivity contribution in [1.29, 1.82) is 0 Å². The van der Waals surface area contributed by atoms with Crippen molar-refractivity contribution in [3.05, 3.63) is 86.5 Å². The maximum absolute atomic E-state index is 12.1. The molecule has 0 saturated carbocycles. The van der Waals surface area contributed by atoms with E-state index in [9.17, 15) is 4.79 Å². The number of aromatic nitrogens is 3. The maximum atomic E-state index is 12.1. The zero-order chi connectivity index (χ0) is 19.2. The molecule has 0 unspecified atom stereocenters. The van der Waals surface area contributed by atoms with E-state index >= 15 is 0 Å². The number of H-pyrrole nitrogens is 1. The van der Waals surface area contributed by atoms with E-state index in [0.29, 0.717) is 5.69 Å². The molecule has 27 heavy (non-hydrogen) atoms. The summed E-state index contributed by atoms with van der Waals surface area (Å²) in [7, 11) is 0. The largest absolute Gasteiger partial charge is 0.367 e. The van der Waals surface area contributed by atoms with Gasteiger partial charge < -0.3 is 4.90 Å². The minimum atomic E-state index is -0.327. The Kier molecular flexibility index (Phi) is 5.93. The van der Waals surface area contributed by atoms with Crippen LogP contribution in [0.1, 0.15) is 23.7 Å². The van der Waals surface area contributed by atoms with Crippen molar-refractivity contribution < 1.29 is 0 Å². The number of nitrogens with one attached hydrogen (secondary N) is 1. The molecule has 1 N–H and O–H groups in total. The second-order valence-corrected chi connectivity index (χ2v) is 6.45. The van der Waals surface area contributed by atoms with Gasteiger partial charge in [-0.15, -0.1) is 0 Å². The Morgan fingerprint density at radius 2 is 1.89 bits per heavy atom. The molecule has 0 aliphatic heterocycles. The highest BCUT2D eigenvalue weighted by Gasteiger charge is 2.05. The summed E-state index contributed by atoms with van der Waals surface area (Å²) >= 11 is 5.07. The smallest absolute Gasteiger partial charge is 0.296 e. The third-order valence-corrected chi connectivity index (χ3v) is 4.46. The second kappa shape index (κ2) is 8.55. The fourth-order valence-corrected chi connectivity index (χ4v) is 2.84. The average molecular weight is 379 g/mol. The fourth-order valence-electron chi connectivity index (χ4n) is 2.66. The molecular formula is C20H21N5OS. The molecule has 2 aromatic carbocycles. The monoisotopic (exact) mass is 379 g/mol. The first-order valence-electron chi connectivity index (χ1n) is 8.70. The van der Waals surface area contributed by atoms with E-state index < -0.39 is 0 Å². The van der Waals surface area contributed by atoms with Crippen LogP contribution in [0.3, 0.4) is 0 Å². The molecule has 3 aromatic rings. The van der Waals surface area contributed by atoms with Gasteiger partial charge in [-0.1, -0.05) is 42.5 Å². The van der Waals surface area contributed by atoms with Crippen molar-refractivity contribution in [3.63, 3.8) is 0 Å². The molecule has 1 aromatic heterocycles. The minimum Gasteiger partial charge on any atom is -0.367 e. The van der Waals surface area contributed by atoms with Gasteiger partial charge in [0.25, 0.3) is 5.56 Å². The molecular weight excluding hydrogens is 358 g/mol. The quantitative estimate of drug-likeness (QED) is 0.526. The van der Waals surface area contributed by atoms with Crippen LogP contribution in [0.4, 0.5) is 5.69 Å². The summed E-state index contributed by atoms with van der Waals surface area (Å²) in [6, 6.07) is 18.4. The summed E-state index contributed by atoms with van der Waals surface area (Å²) < 4.78 is 1.30. The third-order valence-electron chi connectivity index (χ3n) is 4.19. The standard InChI is InChI=1S/C20H21N5OS/c1-3-24(14-17-7-5-4-6-8-17)18-11-9-16(10-12-18)13-21-25-19(26)15(2)22-23-20(25)27/h4-13H,3,14H2,1-2H3,(H,23,27)/b21-13-. The summed E-state index contributed by atoms with van der Waals surface area (Å²) in [5.74, 6) is 0. The highest BCUT2D eigenvalue weighted by Crippen LogP contribution is 2.17. The van der Waals surface area contributed by atoms with Crippen molar-refractivity contribution in [3.8, 4) is 0 Å². The molecule has 7 heteroatoms. The lowest BCUT2D eigenvalue weighted by Gasteiger charge is -2.23. The average Bonchev–Trinajstić information content (AvgIpc) is 2.70. The Bertz CT molecular complexity index is 1040. The molecule has 0 saturated heterocycles. The number of aromatic amines is 1. The number of anilines is 1. The Labute approximate surface area is 162 Å². The number of benzene rings is 2. The summed E-state index contributed by atoms with van der Waals surface area (Å²) in [4.78, 5) is 14.4. The Balaban J connectivity index is 1.78. The van der Waals surface area contributed by atoms with Crippen molar-refractivity contribution >= 4 is 24.1 Å². The van der Waals surface area contributed by atoms with Crippen LogP contribution in [-0.4, -0.2) is 27.6 Å². The summed E-state index contributed by atoms with van der Waals surface area (Å²) in [6.45, 7) is 5.51. The first-order chi connectivity index (χ1) is 13.1. The van der Waals surface area contributed by atoms with Crippen LogP contribution in [0.5, 0.6) is 0 Å². The van der Waals surface area contributed by atoms with Gasteiger partial charge in [-0.25, -0.2) is 0 Å². The van der Waals surface area contributed by atoms with Crippen molar-refractivity contribution in [2.45, 2.75) is 20.4 Å². The third kappa shape index (κ3) is 4.57. The summed E-state index contributed by atoms with van der Waals surface area (Å²) in [6.07, 6.45) is 1.61. The van der Waals surface area contributed by atoms with Crippen molar-refractivity contribution in [2.75, 3.05) is 11.4 Å². The van der Waals surface area contributed by atoms with Crippen LogP contribution < -0.4 is 10.5 Å². The van der Waals surface area contributed by atoms with Gasteiger partial charge in [-0.2, -0.15) is 14.9 Å². The van der Waals surface area contributed by atoms with E-state index in [1.165, 1.54) is 5.56 Å². The molecule has 0 radical (unpaired) electrons. The molecule has 6 nitrogen and oxygen atoms in total. The SMILES string of the molecule is CCN(Cc1ccccc1)c1ccc(/C=N\n2c(=S)[nH]nc(C)c2=O)cc1. The van der Waals surface area contributed by atoms with E-state index in [1.807, 2.05) is 18.2 Å². The summed E-state index contributed by atoms with van der Waals surface area (Å²) in [5, 5.41) is 10.6. The molecule has 0 amide bonds. The van der Waals surface area contributed by atoms with Crippen molar-refractivity contribution in [1.82, 2.24) is 14.9 Å². The summed E-state index contributed by atoms with van der Waals surface area (Å²) in [5.41, 5.74) is 3.27. The molecule has 0 fully saturated rings. The topological polar surface area (TPSA) is 66.3 Å². The maximum Gasteiger partial charge on any atom is 0.296 e. The number of hydrogen-bond donors (Lipinski definition) is 1. The van der Waals surface area contributed by atoms with E-state index in [2.05, 4.69) is 63.5 Å². The normalized spacial score (nSPS) is 11.0. The first kappa shape index (κ1) is 18.7. The zero-order valence-corrected chi connectivity index (χ0v) is 16.1. The van der Waals surface area contributed by atoms with Gasteiger partial charge >= 0.3 is 0 Å². The predicted molar refractivity (Wildman–Crippen MR) is 111 cm³/mol. The van der Waals surface area contributed by atoms with Gasteiger partial charge in [-0.3, -0.25) is 9.89 Å².